The van der Waals surface area contributed by atoms with Crippen LogP contribution in [0.15, 0.2) is 12.7 Å². The second-order valence-electron chi connectivity index (χ2n) is 3.07. The van der Waals surface area contributed by atoms with E-state index in [1.165, 1.54) is 0 Å². The Bertz CT molecular complexity index is 353. The molecule has 0 rings (SSSR count). The van der Waals surface area contributed by atoms with E-state index in [-0.39, 0.29) is 0 Å². The number of ether oxygens (including phenoxy) is 1. The minimum Gasteiger partial charge on any atom is -0.481 e. The van der Waals surface area contributed by atoms with Gasteiger partial charge in [0.15, 0.2) is 0 Å². The highest BCUT2D eigenvalue weighted by Gasteiger charge is 2.46. The summed E-state index contributed by atoms with van der Waals surface area (Å²) in [6.45, 7) is 3.00. The van der Waals surface area contributed by atoms with Gasteiger partial charge in [0, 0.05) is 6.08 Å². The number of aliphatic carboxylic acids is 3. The van der Waals surface area contributed by atoms with Crippen molar-refractivity contribution in [2.75, 3.05) is 0 Å². The number of esters is 1. The normalized spacial score (nSPS) is 10.4. The Morgan fingerprint density at radius 1 is 1.06 bits per heavy atom. The van der Waals surface area contributed by atoms with Gasteiger partial charge in [-0.1, -0.05) is 6.58 Å². The maximum absolute atomic E-state index is 10.9. The standard InChI is InChI=1S/C9H10O8/c1-2-7(14)17-9(8(15)16,3-5(10)11)4-6(12)13/h2H,1,3-4H2,(H,10,11)(H,12,13)(H,15,16). The zero-order valence-electron chi connectivity index (χ0n) is 8.58. The monoisotopic (exact) mass is 246 g/mol. The van der Waals surface area contributed by atoms with Gasteiger partial charge in [-0.05, 0) is 0 Å². The van der Waals surface area contributed by atoms with E-state index in [1.54, 1.807) is 0 Å². The van der Waals surface area contributed by atoms with Crippen molar-refractivity contribution in [1.29, 1.82) is 0 Å². The molecule has 0 heterocycles. The largest absolute Gasteiger partial charge is 0.481 e. The van der Waals surface area contributed by atoms with E-state index in [0.717, 1.165) is 0 Å². The SMILES string of the molecule is C=CC(=O)OC(CC(=O)O)(CC(=O)O)C(=O)O. The Morgan fingerprint density at radius 3 is 1.71 bits per heavy atom. The summed E-state index contributed by atoms with van der Waals surface area (Å²) in [7, 11) is 0. The topological polar surface area (TPSA) is 138 Å². The molecular weight excluding hydrogens is 236 g/mol. The van der Waals surface area contributed by atoms with Gasteiger partial charge in [-0.2, -0.15) is 0 Å². The smallest absolute Gasteiger partial charge is 0.349 e. The van der Waals surface area contributed by atoms with Crippen LogP contribution >= 0.6 is 0 Å². The summed E-state index contributed by atoms with van der Waals surface area (Å²) in [6.07, 6.45) is -1.70. The molecule has 0 amide bonds. The second-order valence-corrected chi connectivity index (χ2v) is 3.07. The molecule has 0 aliphatic heterocycles. The van der Waals surface area contributed by atoms with E-state index in [4.69, 9.17) is 15.3 Å². The second kappa shape index (κ2) is 5.64. The molecule has 0 aromatic carbocycles. The molecule has 3 N–H and O–H groups in total. The number of carboxylic acid groups (broad SMARTS) is 3. The van der Waals surface area contributed by atoms with Crippen LogP contribution in [0.5, 0.6) is 0 Å². The first kappa shape index (κ1) is 14.6. The van der Waals surface area contributed by atoms with Crippen molar-refractivity contribution in [3.05, 3.63) is 12.7 Å². The Kier molecular flexibility index (Phi) is 4.85. The Hall–Kier alpha value is -2.38. The van der Waals surface area contributed by atoms with Crippen molar-refractivity contribution in [2.45, 2.75) is 18.4 Å². The molecule has 0 spiro atoms. The highest BCUT2D eigenvalue weighted by atomic mass is 16.6. The first-order valence-corrected chi connectivity index (χ1v) is 4.26. The summed E-state index contributed by atoms with van der Waals surface area (Å²) < 4.78 is 4.35. The number of carbonyl (C=O) groups is 4. The van der Waals surface area contributed by atoms with Crippen LogP contribution in [-0.2, 0) is 23.9 Å². The van der Waals surface area contributed by atoms with Crippen LogP contribution in [-0.4, -0.2) is 44.8 Å². The lowest BCUT2D eigenvalue weighted by Crippen LogP contribution is -2.46. The fourth-order valence-corrected chi connectivity index (χ4v) is 1.05. The molecule has 8 heteroatoms. The first-order chi connectivity index (χ1) is 7.73. The maximum atomic E-state index is 10.9. The molecule has 0 aromatic heterocycles. The average Bonchev–Trinajstić information content (AvgIpc) is 2.14. The van der Waals surface area contributed by atoms with Gasteiger partial charge in [0.2, 0.25) is 5.60 Å². The number of carboxylic acids is 3. The highest BCUT2D eigenvalue weighted by Crippen LogP contribution is 2.22. The lowest BCUT2D eigenvalue weighted by atomic mass is 9.95. The number of carbonyl (C=O) groups excluding carboxylic acids is 1. The first-order valence-electron chi connectivity index (χ1n) is 4.26. The molecule has 0 saturated heterocycles. The third-order valence-electron chi connectivity index (χ3n) is 1.73. The van der Waals surface area contributed by atoms with Crippen LogP contribution in [0.25, 0.3) is 0 Å². The van der Waals surface area contributed by atoms with Crippen molar-refractivity contribution in [3.63, 3.8) is 0 Å². The molecule has 0 atom stereocenters. The summed E-state index contributed by atoms with van der Waals surface area (Å²) in [5.74, 6) is -6.27. The van der Waals surface area contributed by atoms with Gasteiger partial charge >= 0.3 is 23.9 Å². The van der Waals surface area contributed by atoms with Crippen LogP contribution in [0.2, 0.25) is 0 Å². The number of rotatable bonds is 7. The summed E-state index contributed by atoms with van der Waals surface area (Å²) in [5, 5.41) is 25.9. The Balaban J connectivity index is 5.29. The fraction of sp³-hybridized carbons (Fsp3) is 0.333. The fourth-order valence-electron chi connectivity index (χ4n) is 1.05. The summed E-state index contributed by atoms with van der Waals surface area (Å²) in [6, 6.07) is 0. The van der Waals surface area contributed by atoms with Crippen molar-refractivity contribution in [1.82, 2.24) is 0 Å². The molecule has 8 nitrogen and oxygen atoms in total. The van der Waals surface area contributed by atoms with Crippen LogP contribution < -0.4 is 0 Å². The van der Waals surface area contributed by atoms with Crippen LogP contribution in [0.1, 0.15) is 12.8 Å². The van der Waals surface area contributed by atoms with Gasteiger partial charge in [-0.25, -0.2) is 9.59 Å². The molecule has 0 fully saturated rings. The molecule has 94 valence electrons. The van der Waals surface area contributed by atoms with Crippen LogP contribution in [0, 0.1) is 0 Å². The van der Waals surface area contributed by atoms with Gasteiger partial charge in [0.05, 0.1) is 12.8 Å². The van der Waals surface area contributed by atoms with Gasteiger partial charge in [0.1, 0.15) is 0 Å². The predicted octanol–water partition coefficient (Wildman–Crippen LogP) is -0.512. The van der Waals surface area contributed by atoms with Crippen molar-refractivity contribution in [3.8, 4) is 0 Å². The zero-order valence-corrected chi connectivity index (χ0v) is 8.58. The minimum atomic E-state index is -2.64. The molecule has 0 aromatic rings. The zero-order chi connectivity index (χ0) is 13.6. The molecule has 0 bridgehead atoms. The van der Waals surface area contributed by atoms with E-state index in [2.05, 4.69) is 11.3 Å². The Morgan fingerprint density at radius 2 is 1.47 bits per heavy atom. The quantitative estimate of drug-likeness (QED) is 0.403. The predicted molar refractivity (Wildman–Crippen MR) is 51.2 cm³/mol. The lowest BCUT2D eigenvalue weighted by molar-refractivity contribution is -0.183. The maximum Gasteiger partial charge on any atom is 0.349 e. The number of hydrogen-bond donors (Lipinski definition) is 3. The third-order valence-corrected chi connectivity index (χ3v) is 1.73. The van der Waals surface area contributed by atoms with Crippen molar-refractivity contribution >= 4 is 23.9 Å². The third kappa shape index (κ3) is 4.33. The van der Waals surface area contributed by atoms with Crippen LogP contribution in [0.3, 0.4) is 0 Å². The van der Waals surface area contributed by atoms with E-state index in [0.29, 0.717) is 6.08 Å². The summed E-state index contributed by atoms with van der Waals surface area (Å²) >= 11 is 0. The van der Waals surface area contributed by atoms with Gasteiger partial charge in [-0.3, -0.25) is 9.59 Å². The number of hydrogen-bond acceptors (Lipinski definition) is 5. The van der Waals surface area contributed by atoms with E-state index in [1.807, 2.05) is 0 Å². The Labute approximate surface area is 95.1 Å². The van der Waals surface area contributed by atoms with Gasteiger partial charge in [0.25, 0.3) is 0 Å². The molecule has 0 saturated carbocycles. The minimum absolute atomic E-state index is 0.612. The van der Waals surface area contributed by atoms with Gasteiger partial charge in [-0.15, -0.1) is 0 Å². The van der Waals surface area contributed by atoms with E-state index < -0.39 is 42.3 Å². The molecule has 17 heavy (non-hydrogen) atoms. The highest BCUT2D eigenvalue weighted by molar-refractivity contribution is 5.92. The van der Waals surface area contributed by atoms with Crippen LogP contribution in [0.4, 0.5) is 0 Å². The van der Waals surface area contributed by atoms with Crippen molar-refractivity contribution < 1.29 is 39.2 Å². The molecule has 0 unspecified atom stereocenters. The molecule has 0 aliphatic rings. The molecule has 0 radical (unpaired) electrons. The van der Waals surface area contributed by atoms with E-state index in [9.17, 15) is 19.2 Å². The molecular formula is C9H10O8. The van der Waals surface area contributed by atoms with Crippen molar-refractivity contribution in [2.24, 2.45) is 0 Å². The van der Waals surface area contributed by atoms with Gasteiger partial charge < -0.3 is 20.1 Å². The lowest BCUT2D eigenvalue weighted by Gasteiger charge is -2.25. The molecule has 0 aliphatic carbocycles. The average molecular weight is 246 g/mol. The summed E-state index contributed by atoms with van der Waals surface area (Å²) in [4.78, 5) is 42.8. The van der Waals surface area contributed by atoms with E-state index >= 15 is 0 Å². The summed E-state index contributed by atoms with van der Waals surface area (Å²) in [5.41, 5.74) is -2.64.